The minimum Gasteiger partial charge on any atom is -0.329 e. The summed E-state index contributed by atoms with van der Waals surface area (Å²) in [6.07, 6.45) is 3.88. The second-order valence-corrected chi connectivity index (χ2v) is 5.97. The maximum atomic E-state index is 5.98. The molecule has 2 heteroatoms. The molecule has 0 spiro atoms. The highest BCUT2D eigenvalue weighted by Gasteiger charge is 2.34. The van der Waals surface area contributed by atoms with Crippen molar-refractivity contribution in [1.82, 2.24) is 4.90 Å². The van der Waals surface area contributed by atoms with Crippen molar-refractivity contribution in [2.45, 2.75) is 52.5 Å². The summed E-state index contributed by atoms with van der Waals surface area (Å²) in [5.74, 6) is 1.64. The van der Waals surface area contributed by atoms with Crippen LogP contribution in [-0.4, -0.2) is 30.1 Å². The normalized spacial score (nSPS) is 27.2. The first-order valence-electron chi connectivity index (χ1n) is 6.43. The van der Waals surface area contributed by atoms with Gasteiger partial charge in [0, 0.05) is 18.6 Å². The van der Waals surface area contributed by atoms with E-state index in [1.807, 2.05) is 0 Å². The summed E-state index contributed by atoms with van der Waals surface area (Å²) in [4.78, 5) is 2.61. The van der Waals surface area contributed by atoms with E-state index in [1.165, 1.54) is 32.4 Å². The lowest BCUT2D eigenvalue weighted by atomic mass is 9.90. The van der Waals surface area contributed by atoms with Crippen LogP contribution >= 0.6 is 0 Å². The first kappa shape index (κ1) is 13.0. The van der Waals surface area contributed by atoms with E-state index in [1.54, 1.807) is 0 Å². The highest BCUT2D eigenvalue weighted by molar-refractivity contribution is 4.91. The van der Waals surface area contributed by atoms with Gasteiger partial charge in [0.25, 0.3) is 0 Å². The minimum absolute atomic E-state index is 0.245. The van der Waals surface area contributed by atoms with E-state index < -0.39 is 0 Å². The van der Waals surface area contributed by atoms with Gasteiger partial charge in [-0.1, -0.05) is 20.8 Å². The van der Waals surface area contributed by atoms with Gasteiger partial charge in [-0.2, -0.15) is 0 Å². The summed E-state index contributed by atoms with van der Waals surface area (Å²) in [6, 6.07) is 0. The fourth-order valence-electron chi connectivity index (χ4n) is 2.41. The van der Waals surface area contributed by atoms with E-state index in [2.05, 4.69) is 32.6 Å². The Morgan fingerprint density at radius 1 is 1.47 bits per heavy atom. The molecular formula is C13H28N2. The van der Waals surface area contributed by atoms with Crippen molar-refractivity contribution < 1.29 is 0 Å². The van der Waals surface area contributed by atoms with Gasteiger partial charge in [-0.3, -0.25) is 4.90 Å². The molecule has 0 radical (unpaired) electrons. The lowest BCUT2D eigenvalue weighted by Gasteiger charge is -2.38. The van der Waals surface area contributed by atoms with E-state index >= 15 is 0 Å². The Balaban J connectivity index is 2.51. The Morgan fingerprint density at radius 2 is 2.13 bits per heavy atom. The fourth-order valence-corrected chi connectivity index (χ4v) is 2.41. The van der Waals surface area contributed by atoms with Crippen LogP contribution in [0.3, 0.4) is 0 Å². The van der Waals surface area contributed by atoms with Gasteiger partial charge in [0.15, 0.2) is 0 Å². The molecule has 0 aliphatic carbocycles. The summed E-state index contributed by atoms with van der Waals surface area (Å²) in [5, 5.41) is 0. The van der Waals surface area contributed by atoms with Gasteiger partial charge in [-0.15, -0.1) is 0 Å². The van der Waals surface area contributed by atoms with Gasteiger partial charge in [0.2, 0.25) is 0 Å². The molecule has 1 aliphatic rings. The molecule has 90 valence electrons. The molecule has 1 aliphatic heterocycles. The lowest BCUT2D eigenvalue weighted by Crippen LogP contribution is -2.50. The van der Waals surface area contributed by atoms with Crippen LogP contribution in [0.2, 0.25) is 0 Å². The van der Waals surface area contributed by atoms with E-state index in [9.17, 15) is 0 Å². The summed E-state index contributed by atoms with van der Waals surface area (Å²) in [6.45, 7) is 12.6. The molecule has 0 aromatic carbocycles. The second kappa shape index (κ2) is 5.31. The molecule has 1 saturated heterocycles. The van der Waals surface area contributed by atoms with Crippen molar-refractivity contribution in [2.24, 2.45) is 17.6 Å². The zero-order chi connectivity index (χ0) is 11.5. The quantitative estimate of drug-likeness (QED) is 0.758. The molecule has 0 saturated carbocycles. The Labute approximate surface area is 95.2 Å². The maximum absolute atomic E-state index is 5.98. The maximum Gasteiger partial charge on any atom is 0.0303 e. The van der Waals surface area contributed by atoms with Gasteiger partial charge < -0.3 is 5.73 Å². The average Bonchev–Trinajstić information content (AvgIpc) is 2.62. The molecule has 0 aromatic heterocycles. The van der Waals surface area contributed by atoms with Crippen LogP contribution in [-0.2, 0) is 0 Å². The highest BCUT2D eigenvalue weighted by Crippen LogP contribution is 2.28. The van der Waals surface area contributed by atoms with Gasteiger partial charge in [-0.05, 0) is 44.6 Å². The topological polar surface area (TPSA) is 29.3 Å². The molecule has 1 fully saturated rings. The molecule has 0 bridgehead atoms. The second-order valence-electron chi connectivity index (χ2n) is 5.97. The third-order valence-electron chi connectivity index (χ3n) is 3.89. The first-order valence-corrected chi connectivity index (χ1v) is 6.43. The van der Waals surface area contributed by atoms with Crippen molar-refractivity contribution in [3.63, 3.8) is 0 Å². The van der Waals surface area contributed by atoms with Crippen molar-refractivity contribution in [3.05, 3.63) is 0 Å². The zero-order valence-corrected chi connectivity index (χ0v) is 10.9. The average molecular weight is 212 g/mol. The molecule has 2 nitrogen and oxygen atoms in total. The molecule has 1 rings (SSSR count). The molecule has 0 amide bonds. The van der Waals surface area contributed by atoms with Crippen LogP contribution in [0.5, 0.6) is 0 Å². The number of rotatable bonds is 5. The number of nitrogens with two attached hydrogens (primary N) is 1. The number of nitrogens with zero attached hydrogens (tertiary/aromatic N) is 1. The number of likely N-dealkylation sites (tertiary alicyclic amines) is 1. The van der Waals surface area contributed by atoms with Crippen LogP contribution < -0.4 is 5.73 Å². The Bertz CT molecular complexity index is 191. The molecule has 15 heavy (non-hydrogen) atoms. The summed E-state index contributed by atoms with van der Waals surface area (Å²) in [5.41, 5.74) is 6.22. The van der Waals surface area contributed by atoms with Crippen molar-refractivity contribution in [2.75, 3.05) is 19.6 Å². The molecule has 0 aromatic rings. The molecule has 2 atom stereocenters. The zero-order valence-electron chi connectivity index (χ0n) is 10.9. The predicted molar refractivity (Wildman–Crippen MR) is 66.9 cm³/mol. The summed E-state index contributed by atoms with van der Waals surface area (Å²) < 4.78 is 0. The lowest BCUT2D eigenvalue weighted by molar-refractivity contribution is 0.121. The molecule has 2 N–H and O–H groups in total. The standard InChI is InChI=1S/C13H28N2/c1-11(2)5-7-13(4,10-14)15-8-6-12(3)9-15/h11-12H,5-10,14H2,1-4H3. The van der Waals surface area contributed by atoms with Crippen LogP contribution in [0.4, 0.5) is 0 Å². The Hall–Kier alpha value is -0.0800. The third kappa shape index (κ3) is 3.46. The third-order valence-corrected chi connectivity index (χ3v) is 3.89. The Kier molecular flexibility index (Phi) is 4.60. The minimum atomic E-state index is 0.245. The van der Waals surface area contributed by atoms with Gasteiger partial charge in [0.1, 0.15) is 0 Å². The first-order chi connectivity index (χ1) is 6.98. The smallest absolute Gasteiger partial charge is 0.0303 e. The van der Waals surface area contributed by atoms with E-state index in [0.717, 1.165) is 18.4 Å². The highest BCUT2D eigenvalue weighted by atomic mass is 15.2. The number of hydrogen-bond donors (Lipinski definition) is 1. The Morgan fingerprint density at radius 3 is 2.53 bits per heavy atom. The SMILES string of the molecule is CC(C)CCC(C)(CN)N1CCC(C)C1. The van der Waals surface area contributed by atoms with Gasteiger partial charge >= 0.3 is 0 Å². The van der Waals surface area contributed by atoms with Gasteiger partial charge in [-0.25, -0.2) is 0 Å². The summed E-state index contributed by atoms with van der Waals surface area (Å²) >= 11 is 0. The predicted octanol–water partition coefficient (Wildman–Crippen LogP) is 2.48. The van der Waals surface area contributed by atoms with Crippen LogP contribution in [0.15, 0.2) is 0 Å². The van der Waals surface area contributed by atoms with Crippen molar-refractivity contribution in [3.8, 4) is 0 Å². The van der Waals surface area contributed by atoms with Crippen molar-refractivity contribution >= 4 is 0 Å². The van der Waals surface area contributed by atoms with E-state index in [4.69, 9.17) is 5.73 Å². The van der Waals surface area contributed by atoms with Crippen molar-refractivity contribution in [1.29, 1.82) is 0 Å². The van der Waals surface area contributed by atoms with Crippen LogP contribution in [0, 0.1) is 11.8 Å². The molecule has 2 unspecified atom stereocenters. The van der Waals surface area contributed by atoms with E-state index in [-0.39, 0.29) is 5.54 Å². The molecular weight excluding hydrogens is 184 g/mol. The fraction of sp³-hybridized carbons (Fsp3) is 1.00. The summed E-state index contributed by atoms with van der Waals surface area (Å²) in [7, 11) is 0. The molecule has 1 heterocycles. The largest absolute Gasteiger partial charge is 0.329 e. The van der Waals surface area contributed by atoms with Crippen LogP contribution in [0.25, 0.3) is 0 Å². The van der Waals surface area contributed by atoms with Gasteiger partial charge in [0.05, 0.1) is 0 Å². The van der Waals surface area contributed by atoms with Crippen LogP contribution in [0.1, 0.15) is 47.0 Å². The van der Waals surface area contributed by atoms with E-state index in [0.29, 0.717) is 0 Å². The monoisotopic (exact) mass is 212 g/mol. The number of hydrogen-bond acceptors (Lipinski definition) is 2.